The third kappa shape index (κ3) is 3.53. The summed E-state index contributed by atoms with van der Waals surface area (Å²) in [4.78, 5) is 3.96. The molecule has 2 N–H and O–H groups in total. The number of hydrogen-bond donors (Lipinski definition) is 1. The van der Waals surface area contributed by atoms with E-state index in [9.17, 15) is 0 Å². The molecule has 0 saturated carbocycles. The lowest BCUT2D eigenvalue weighted by Crippen LogP contribution is -2.44. The van der Waals surface area contributed by atoms with E-state index in [4.69, 9.17) is 5.73 Å². The van der Waals surface area contributed by atoms with Crippen LogP contribution in [0.25, 0.3) is 0 Å². The molecule has 1 heterocycles. The molecule has 2 unspecified atom stereocenters. The molecule has 1 aromatic carbocycles. The van der Waals surface area contributed by atoms with Crippen LogP contribution in [0.5, 0.6) is 0 Å². The second-order valence-corrected chi connectivity index (χ2v) is 6.20. The normalized spacial score (nSPS) is 22.4. The zero-order valence-corrected chi connectivity index (χ0v) is 13.0. The number of piperidine rings is 1. The smallest absolute Gasteiger partial charge is 0.0473 e. The van der Waals surface area contributed by atoms with E-state index in [0.29, 0.717) is 12.1 Å². The van der Waals surface area contributed by atoms with Crippen LogP contribution in [0, 0.1) is 0 Å². The number of nitrogens with zero attached hydrogens (tertiary/aromatic N) is 1. The van der Waals surface area contributed by atoms with Crippen molar-refractivity contribution in [3.63, 3.8) is 0 Å². The van der Waals surface area contributed by atoms with E-state index in [0.717, 1.165) is 6.54 Å². The number of rotatable bonds is 5. The highest BCUT2D eigenvalue weighted by Crippen LogP contribution is 2.30. The third-order valence-electron chi connectivity index (χ3n) is 4.27. The summed E-state index contributed by atoms with van der Waals surface area (Å²) in [6.45, 7) is 4.22. The van der Waals surface area contributed by atoms with Crippen LogP contribution >= 0.6 is 11.8 Å². The van der Waals surface area contributed by atoms with Crippen molar-refractivity contribution < 1.29 is 0 Å². The zero-order chi connectivity index (χ0) is 13.7. The SMILES string of the molecule is CCC1CCCCN1C(CN)c1ccc(SC)cc1. The highest BCUT2D eigenvalue weighted by molar-refractivity contribution is 7.98. The highest BCUT2D eigenvalue weighted by atomic mass is 32.2. The zero-order valence-electron chi connectivity index (χ0n) is 12.1. The summed E-state index contributed by atoms with van der Waals surface area (Å²) in [6.07, 6.45) is 7.37. The van der Waals surface area contributed by atoms with Gasteiger partial charge in [0.05, 0.1) is 0 Å². The van der Waals surface area contributed by atoms with E-state index < -0.39 is 0 Å². The maximum absolute atomic E-state index is 6.08. The molecule has 106 valence electrons. The molecular weight excluding hydrogens is 252 g/mol. The summed E-state index contributed by atoms with van der Waals surface area (Å²) in [5.74, 6) is 0. The second-order valence-electron chi connectivity index (χ2n) is 5.32. The Labute approximate surface area is 121 Å². The number of likely N-dealkylation sites (tertiary alicyclic amines) is 1. The summed E-state index contributed by atoms with van der Waals surface area (Å²) in [6, 6.07) is 10.0. The first-order valence-corrected chi connectivity index (χ1v) is 8.62. The lowest BCUT2D eigenvalue weighted by Gasteiger charge is -2.41. The van der Waals surface area contributed by atoms with Gasteiger partial charge in [0.25, 0.3) is 0 Å². The average Bonchev–Trinajstić information content (AvgIpc) is 2.49. The van der Waals surface area contributed by atoms with E-state index in [2.05, 4.69) is 42.3 Å². The highest BCUT2D eigenvalue weighted by Gasteiger charge is 2.27. The predicted molar refractivity (Wildman–Crippen MR) is 84.7 cm³/mol. The first-order valence-electron chi connectivity index (χ1n) is 7.40. The molecule has 1 fully saturated rings. The van der Waals surface area contributed by atoms with Crippen LogP contribution in [-0.4, -0.2) is 30.3 Å². The van der Waals surface area contributed by atoms with Crippen LogP contribution in [-0.2, 0) is 0 Å². The number of hydrogen-bond acceptors (Lipinski definition) is 3. The van der Waals surface area contributed by atoms with E-state index in [1.807, 2.05) is 0 Å². The molecule has 2 atom stereocenters. The monoisotopic (exact) mass is 278 g/mol. The molecule has 1 aliphatic heterocycles. The fraction of sp³-hybridized carbons (Fsp3) is 0.625. The van der Waals surface area contributed by atoms with Gasteiger partial charge in [-0.1, -0.05) is 25.5 Å². The van der Waals surface area contributed by atoms with Crippen molar-refractivity contribution in [2.75, 3.05) is 19.3 Å². The molecule has 0 spiro atoms. The number of nitrogens with two attached hydrogens (primary N) is 1. The Morgan fingerprint density at radius 1 is 1.32 bits per heavy atom. The van der Waals surface area contributed by atoms with Crippen LogP contribution in [0.3, 0.4) is 0 Å². The van der Waals surface area contributed by atoms with Gasteiger partial charge in [-0.15, -0.1) is 11.8 Å². The van der Waals surface area contributed by atoms with Gasteiger partial charge >= 0.3 is 0 Å². The minimum Gasteiger partial charge on any atom is -0.329 e. The van der Waals surface area contributed by atoms with Crippen LogP contribution in [0.1, 0.15) is 44.2 Å². The molecule has 19 heavy (non-hydrogen) atoms. The second kappa shape index (κ2) is 7.32. The standard InChI is InChI=1S/C16H26N2S/c1-3-14-6-4-5-11-18(14)16(12-17)13-7-9-15(19-2)10-8-13/h7-10,14,16H,3-6,11-12,17H2,1-2H3. The maximum atomic E-state index is 6.08. The van der Waals surface area contributed by atoms with Crippen LogP contribution in [0.4, 0.5) is 0 Å². The fourth-order valence-electron chi connectivity index (χ4n) is 3.16. The number of thioether (sulfide) groups is 1. The lowest BCUT2D eigenvalue weighted by molar-refractivity contribution is 0.0949. The van der Waals surface area contributed by atoms with Crippen molar-refractivity contribution in [1.29, 1.82) is 0 Å². The number of benzene rings is 1. The summed E-state index contributed by atoms with van der Waals surface area (Å²) in [5, 5.41) is 0. The summed E-state index contributed by atoms with van der Waals surface area (Å²) >= 11 is 1.79. The minimum atomic E-state index is 0.390. The molecule has 1 aromatic rings. The third-order valence-corrected chi connectivity index (χ3v) is 5.01. The van der Waals surface area contributed by atoms with Gasteiger partial charge in [-0.05, 0) is 49.8 Å². The first kappa shape index (κ1) is 14.9. The molecule has 0 radical (unpaired) electrons. The maximum Gasteiger partial charge on any atom is 0.0473 e. The van der Waals surface area contributed by atoms with Gasteiger partial charge in [-0.3, -0.25) is 4.90 Å². The Bertz CT molecular complexity index is 377. The molecule has 0 aromatic heterocycles. The molecule has 1 saturated heterocycles. The van der Waals surface area contributed by atoms with Crippen LogP contribution in [0.2, 0.25) is 0 Å². The molecule has 0 amide bonds. The van der Waals surface area contributed by atoms with E-state index in [1.54, 1.807) is 11.8 Å². The van der Waals surface area contributed by atoms with E-state index in [-0.39, 0.29) is 0 Å². The Morgan fingerprint density at radius 2 is 2.05 bits per heavy atom. The summed E-state index contributed by atoms with van der Waals surface area (Å²) in [5.41, 5.74) is 7.45. The van der Waals surface area contributed by atoms with E-state index >= 15 is 0 Å². The Balaban J connectivity index is 2.17. The van der Waals surface area contributed by atoms with Crippen LogP contribution in [0.15, 0.2) is 29.2 Å². The topological polar surface area (TPSA) is 29.3 Å². The summed E-state index contributed by atoms with van der Waals surface area (Å²) in [7, 11) is 0. The largest absolute Gasteiger partial charge is 0.329 e. The summed E-state index contributed by atoms with van der Waals surface area (Å²) < 4.78 is 0. The molecule has 3 heteroatoms. The minimum absolute atomic E-state index is 0.390. The molecule has 1 aliphatic rings. The van der Waals surface area contributed by atoms with Crippen molar-refractivity contribution in [3.05, 3.63) is 29.8 Å². The fourth-order valence-corrected chi connectivity index (χ4v) is 3.57. The van der Waals surface area contributed by atoms with Crippen molar-refractivity contribution in [2.24, 2.45) is 5.73 Å². The molecule has 2 rings (SSSR count). The van der Waals surface area contributed by atoms with Crippen LogP contribution < -0.4 is 5.73 Å². The quantitative estimate of drug-likeness (QED) is 0.833. The molecular formula is C16H26N2S. The van der Waals surface area contributed by atoms with Gasteiger partial charge in [0.15, 0.2) is 0 Å². The van der Waals surface area contributed by atoms with Gasteiger partial charge in [0.1, 0.15) is 0 Å². The Morgan fingerprint density at radius 3 is 2.63 bits per heavy atom. The van der Waals surface area contributed by atoms with Gasteiger partial charge < -0.3 is 5.73 Å². The molecule has 2 nitrogen and oxygen atoms in total. The molecule has 0 bridgehead atoms. The van der Waals surface area contributed by atoms with Crippen molar-refractivity contribution in [1.82, 2.24) is 4.90 Å². The average molecular weight is 278 g/mol. The Hall–Kier alpha value is -0.510. The van der Waals surface area contributed by atoms with Crippen molar-refractivity contribution in [2.45, 2.75) is 49.6 Å². The molecule has 0 aliphatic carbocycles. The predicted octanol–water partition coefficient (Wildman–Crippen LogP) is 3.67. The van der Waals surface area contributed by atoms with Gasteiger partial charge in [0.2, 0.25) is 0 Å². The van der Waals surface area contributed by atoms with Crippen molar-refractivity contribution in [3.8, 4) is 0 Å². The van der Waals surface area contributed by atoms with Gasteiger partial charge in [0, 0.05) is 23.5 Å². The van der Waals surface area contributed by atoms with Gasteiger partial charge in [-0.2, -0.15) is 0 Å². The van der Waals surface area contributed by atoms with E-state index in [1.165, 1.54) is 42.7 Å². The Kier molecular flexibility index (Phi) is 5.74. The van der Waals surface area contributed by atoms with Gasteiger partial charge in [-0.25, -0.2) is 0 Å². The lowest BCUT2D eigenvalue weighted by atomic mass is 9.95. The first-order chi connectivity index (χ1) is 9.30. The van der Waals surface area contributed by atoms with Crippen molar-refractivity contribution >= 4 is 11.8 Å².